The predicted molar refractivity (Wildman–Crippen MR) is 82.9 cm³/mol. The molecule has 0 saturated heterocycles. The number of nitrogens with two attached hydrogens (primary N) is 1. The van der Waals surface area contributed by atoms with Crippen molar-refractivity contribution in [3.05, 3.63) is 38.6 Å². The molecule has 0 radical (unpaired) electrons. The molecule has 4 nitrogen and oxygen atoms in total. The Kier molecular flexibility index (Phi) is 3.42. The number of thiophene rings is 1. The number of rotatable bonds is 2. The van der Waals surface area contributed by atoms with E-state index in [1.807, 2.05) is 24.3 Å². The molecule has 0 spiro atoms. The van der Waals surface area contributed by atoms with Crippen molar-refractivity contribution in [2.45, 2.75) is 0 Å². The van der Waals surface area contributed by atoms with Crippen molar-refractivity contribution in [2.24, 2.45) is 0 Å². The summed E-state index contributed by atoms with van der Waals surface area (Å²) in [5.41, 5.74) is 7.27. The lowest BCUT2D eigenvalue weighted by Crippen LogP contribution is -1.87. The Morgan fingerprint density at radius 1 is 1.16 bits per heavy atom. The van der Waals surface area contributed by atoms with E-state index in [-0.39, 0.29) is 0 Å². The molecule has 19 heavy (non-hydrogen) atoms. The van der Waals surface area contributed by atoms with Crippen LogP contribution in [0.25, 0.3) is 22.2 Å². The van der Waals surface area contributed by atoms with Crippen LogP contribution >= 0.6 is 43.2 Å². The molecule has 2 aromatic heterocycles. The van der Waals surface area contributed by atoms with Gasteiger partial charge in [-0.3, -0.25) is 0 Å². The van der Waals surface area contributed by atoms with Crippen molar-refractivity contribution in [3.8, 4) is 22.2 Å². The lowest BCUT2D eigenvalue weighted by atomic mass is 10.2. The van der Waals surface area contributed by atoms with Gasteiger partial charge in [0.1, 0.15) is 0 Å². The van der Waals surface area contributed by atoms with Crippen LogP contribution in [-0.4, -0.2) is 10.1 Å². The first kappa shape index (κ1) is 12.8. The van der Waals surface area contributed by atoms with Crippen LogP contribution in [-0.2, 0) is 0 Å². The number of hydrogen-bond donors (Lipinski definition) is 1. The van der Waals surface area contributed by atoms with Crippen molar-refractivity contribution >= 4 is 48.9 Å². The lowest BCUT2D eigenvalue weighted by molar-refractivity contribution is 0.432. The molecule has 0 saturated carbocycles. The summed E-state index contributed by atoms with van der Waals surface area (Å²) in [6, 6.07) is 9.43. The van der Waals surface area contributed by atoms with E-state index in [2.05, 4.69) is 42.0 Å². The van der Waals surface area contributed by atoms with E-state index in [1.165, 1.54) is 0 Å². The smallest absolute Gasteiger partial charge is 0.258 e. The highest BCUT2D eigenvalue weighted by molar-refractivity contribution is 9.11. The molecular formula is C12H7Br2N3OS. The van der Waals surface area contributed by atoms with Crippen LogP contribution in [0.1, 0.15) is 0 Å². The molecule has 2 N–H and O–H groups in total. The van der Waals surface area contributed by atoms with Crippen LogP contribution < -0.4 is 5.73 Å². The molecule has 0 aliphatic carbocycles. The zero-order valence-corrected chi connectivity index (χ0v) is 13.4. The molecule has 96 valence electrons. The molecule has 0 amide bonds. The van der Waals surface area contributed by atoms with Gasteiger partial charge in [0.15, 0.2) is 0 Å². The first-order valence-corrected chi connectivity index (χ1v) is 7.68. The van der Waals surface area contributed by atoms with E-state index in [4.69, 9.17) is 10.3 Å². The Morgan fingerprint density at radius 3 is 2.68 bits per heavy atom. The third-order valence-corrected chi connectivity index (χ3v) is 4.80. The molecule has 3 rings (SSSR count). The number of anilines is 1. The predicted octanol–water partition coefficient (Wildman–Crippen LogP) is 4.57. The number of benzene rings is 1. The molecule has 0 fully saturated rings. The second kappa shape index (κ2) is 5.07. The largest absolute Gasteiger partial charge is 0.398 e. The van der Waals surface area contributed by atoms with Gasteiger partial charge in [0, 0.05) is 15.7 Å². The van der Waals surface area contributed by atoms with Gasteiger partial charge in [-0.15, -0.1) is 11.3 Å². The maximum absolute atomic E-state index is 5.84. The van der Waals surface area contributed by atoms with Crippen LogP contribution in [0.15, 0.2) is 43.1 Å². The van der Waals surface area contributed by atoms with Gasteiger partial charge in [0.25, 0.3) is 5.89 Å². The highest BCUT2D eigenvalue weighted by Gasteiger charge is 2.12. The summed E-state index contributed by atoms with van der Waals surface area (Å²) in [6.45, 7) is 0. The third-order valence-electron chi connectivity index (χ3n) is 2.46. The van der Waals surface area contributed by atoms with Crippen LogP contribution in [0.4, 0.5) is 5.69 Å². The van der Waals surface area contributed by atoms with E-state index in [1.54, 1.807) is 17.4 Å². The van der Waals surface area contributed by atoms with Crippen LogP contribution in [0.3, 0.4) is 0 Å². The minimum Gasteiger partial charge on any atom is -0.398 e. The fourth-order valence-electron chi connectivity index (χ4n) is 1.55. The standard InChI is InChI=1S/C12H7Br2N3OS/c13-7-2-1-6(5-8(7)15)12-16-11(17-18-12)9-3-4-10(14)19-9/h1-5H,15H2. The molecule has 2 heterocycles. The van der Waals surface area contributed by atoms with Gasteiger partial charge >= 0.3 is 0 Å². The molecular weight excluding hydrogens is 394 g/mol. The van der Waals surface area contributed by atoms with Crippen LogP contribution in [0.5, 0.6) is 0 Å². The van der Waals surface area contributed by atoms with E-state index in [0.717, 1.165) is 18.7 Å². The summed E-state index contributed by atoms with van der Waals surface area (Å²) in [5, 5.41) is 3.98. The zero-order chi connectivity index (χ0) is 13.4. The highest BCUT2D eigenvalue weighted by atomic mass is 79.9. The summed E-state index contributed by atoms with van der Waals surface area (Å²) in [5.74, 6) is 1.03. The average molecular weight is 401 g/mol. The first-order chi connectivity index (χ1) is 9.13. The Bertz CT molecular complexity index is 738. The molecule has 0 unspecified atom stereocenters. The number of hydrogen-bond acceptors (Lipinski definition) is 5. The van der Waals surface area contributed by atoms with Gasteiger partial charge in [0.05, 0.1) is 8.66 Å². The van der Waals surface area contributed by atoms with Gasteiger partial charge in [-0.1, -0.05) is 5.16 Å². The van der Waals surface area contributed by atoms with Gasteiger partial charge in [-0.2, -0.15) is 4.98 Å². The van der Waals surface area contributed by atoms with Crippen LogP contribution in [0.2, 0.25) is 0 Å². The van der Waals surface area contributed by atoms with Crippen LogP contribution in [0, 0.1) is 0 Å². The molecule has 7 heteroatoms. The summed E-state index contributed by atoms with van der Waals surface area (Å²) in [6.07, 6.45) is 0. The van der Waals surface area contributed by atoms with Crippen molar-refractivity contribution in [1.29, 1.82) is 0 Å². The molecule has 0 bridgehead atoms. The Labute approximate surface area is 129 Å². The quantitative estimate of drug-likeness (QED) is 0.639. The average Bonchev–Trinajstić information content (AvgIpc) is 3.01. The highest BCUT2D eigenvalue weighted by Crippen LogP contribution is 2.31. The summed E-state index contributed by atoms with van der Waals surface area (Å²) >= 11 is 8.32. The second-order valence-electron chi connectivity index (χ2n) is 3.76. The minimum absolute atomic E-state index is 0.457. The molecule has 0 atom stereocenters. The minimum atomic E-state index is 0.457. The lowest BCUT2D eigenvalue weighted by Gasteiger charge is -1.99. The first-order valence-electron chi connectivity index (χ1n) is 5.28. The number of aromatic nitrogens is 2. The van der Waals surface area contributed by atoms with E-state index < -0.39 is 0 Å². The number of nitrogen functional groups attached to an aromatic ring is 1. The van der Waals surface area contributed by atoms with Gasteiger partial charge in [-0.25, -0.2) is 0 Å². The maximum atomic E-state index is 5.84. The van der Waals surface area contributed by atoms with E-state index in [0.29, 0.717) is 17.4 Å². The monoisotopic (exact) mass is 399 g/mol. The Morgan fingerprint density at radius 2 is 2.00 bits per heavy atom. The topological polar surface area (TPSA) is 64.9 Å². The molecule has 0 aliphatic rings. The van der Waals surface area contributed by atoms with E-state index >= 15 is 0 Å². The SMILES string of the molecule is Nc1cc(-c2nc(-c3ccc(Br)s3)no2)ccc1Br. The maximum Gasteiger partial charge on any atom is 0.258 e. The summed E-state index contributed by atoms with van der Waals surface area (Å²) < 4.78 is 7.14. The van der Waals surface area contributed by atoms with E-state index in [9.17, 15) is 0 Å². The van der Waals surface area contributed by atoms with Crippen molar-refractivity contribution < 1.29 is 4.52 Å². The van der Waals surface area contributed by atoms with Crippen molar-refractivity contribution in [3.63, 3.8) is 0 Å². The van der Waals surface area contributed by atoms with Crippen molar-refractivity contribution in [2.75, 3.05) is 5.73 Å². The van der Waals surface area contributed by atoms with Gasteiger partial charge in [-0.05, 0) is 62.2 Å². The van der Waals surface area contributed by atoms with Crippen molar-refractivity contribution in [1.82, 2.24) is 10.1 Å². The Hall–Kier alpha value is -1.18. The summed E-state index contributed by atoms with van der Waals surface area (Å²) in [7, 11) is 0. The third kappa shape index (κ3) is 2.58. The number of nitrogens with zero attached hydrogens (tertiary/aromatic N) is 2. The normalized spacial score (nSPS) is 10.8. The fourth-order valence-corrected chi connectivity index (χ4v) is 3.11. The fraction of sp³-hybridized carbons (Fsp3) is 0. The zero-order valence-electron chi connectivity index (χ0n) is 9.43. The molecule has 3 aromatic rings. The molecule has 1 aromatic carbocycles. The summed E-state index contributed by atoms with van der Waals surface area (Å²) in [4.78, 5) is 5.33. The second-order valence-corrected chi connectivity index (χ2v) is 7.08. The molecule has 0 aliphatic heterocycles. The van der Waals surface area contributed by atoms with Gasteiger partial charge < -0.3 is 10.3 Å². The van der Waals surface area contributed by atoms with Gasteiger partial charge in [0.2, 0.25) is 5.82 Å². The number of halogens is 2. The Balaban J connectivity index is 1.98.